The van der Waals surface area contributed by atoms with Crippen molar-refractivity contribution in [1.82, 2.24) is 0 Å². The topological polar surface area (TPSA) is 59.1 Å². The number of hydrogen-bond donors (Lipinski definition) is 0. The van der Waals surface area contributed by atoms with Crippen LogP contribution in [0.2, 0.25) is 0 Å². The average Bonchev–Trinajstić information content (AvgIpc) is 2.58. The Labute approximate surface area is 156 Å². The minimum Gasteiger partial charge on any atom is -1.00 e. The molecule has 0 spiro atoms. The molecule has 140 valence electrons. The number of anilines is 1. The van der Waals surface area contributed by atoms with E-state index < -0.39 is 0 Å². The molecule has 1 fully saturated rings. The molecule has 1 aliphatic rings. The molecule has 0 N–H and O–H groups in total. The molecule has 1 aromatic carbocycles. The van der Waals surface area contributed by atoms with Crippen LogP contribution in [0.5, 0.6) is 11.5 Å². The van der Waals surface area contributed by atoms with Gasteiger partial charge in [0.05, 0.1) is 38.2 Å². The van der Waals surface area contributed by atoms with Crippen molar-refractivity contribution in [3.8, 4) is 11.5 Å². The third-order valence-electron chi connectivity index (χ3n) is 3.64. The van der Waals surface area contributed by atoms with E-state index in [1.807, 2.05) is 6.07 Å². The molecule has 0 bridgehead atoms. The SMILES string of the molecule is CC(C)COc1cc(N2CCOCC2)c(OCC(C)C)cc1[N+]#N.[Cl-]. The predicted molar refractivity (Wildman–Crippen MR) is 94.9 cm³/mol. The van der Waals surface area contributed by atoms with Crippen LogP contribution >= 0.6 is 0 Å². The van der Waals surface area contributed by atoms with Crippen LogP contribution in [0.1, 0.15) is 27.7 Å². The lowest BCUT2D eigenvalue weighted by molar-refractivity contribution is -0.00000689. The van der Waals surface area contributed by atoms with Gasteiger partial charge in [-0.25, -0.2) is 0 Å². The second-order valence-electron chi connectivity index (χ2n) is 6.90. The lowest BCUT2D eigenvalue weighted by Crippen LogP contribution is -3.00. The highest BCUT2D eigenvalue weighted by atomic mass is 35.5. The van der Waals surface area contributed by atoms with E-state index in [1.54, 1.807) is 6.07 Å². The molecule has 1 aromatic rings. The number of ether oxygens (including phenoxy) is 3. The van der Waals surface area contributed by atoms with Crippen LogP contribution < -0.4 is 26.8 Å². The van der Waals surface area contributed by atoms with Crippen molar-refractivity contribution in [2.24, 2.45) is 11.8 Å². The zero-order chi connectivity index (χ0) is 17.5. The molecular formula is C18H28ClN3O3. The third kappa shape index (κ3) is 6.26. The molecule has 0 amide bonds. The first-order valence-electron chi connectivity index (χ1n) is 8.62. The number of benzene rings is 1. The van der Waals surface area contributed by atoms with Crippen LogP contribution in [0.15, 0.2) is 12.1 Å². The first-order chi connectivity index (χ1) is 11.5. The smallest absolute Gasteiger partial charge is 0.430 e. The molecule has 25 heavy (non-hydrogen) atoms. The zero-order valence-corrected chi connectivity index (χ0v) is 16.3. The molecule has 0 atom stereocenters. The molecule has 1 saturated heterocycles. The Bertz CT molecular complexity index is 582. The average molecular weight is 370 g/mol. The zero-order valence-electron chi connectivity index (χ0n) is 15.5. The van der Waals surface area contributed by atoms with Crippen LogP contribution in [0, 0.1) is 17.2 Å². The maximum Gasteiger partial charge on any atom is 0.430 e. The summed E-state index contributed by atoms with van der Waals surface area (Å²) in [5.74, 6) is 2.09. The summed E-state index contributed by atoms with van der Waals surface area (Å²) in [5, 5.41) is 9.34. The molecule has 0 unspecified atom stereocenters. The van der Waals surface area contributed by atoms with Crippen LogP contribution in [-0.4, -0.2) is 39.5 Å². The summed E-state index contributed by atoms with van der Waals surface area (Å²) in [7, 11) is 0. The fourth-order valence-corrected chi connectivity index (χ4v) is 2.41. The second-order valence-corrected chi connectivity index (χ2v) is 6.90. The lowest BCUT2D eigenvalue weighted by atomic mass is 10.2. The van der Waals surface area contributed by atoms with E-state index in [0.717, 1.165) is 24.5 Å². The Hall–Kier alpha value is -1.71. The normalized spacial score (nSPS) is 14.2. The van der Waals surface area contributed by atoms with Gasteiger partial charge in [0.15, 0.2) is 10.7 Å². The molecular weight excluding hydrogens is 342 g/mol. The number of diazo groups is 1. The van der Waals surface area contributed by atoms with Gasteiger partial charge in [-0.2, -0.15) is 0 Å². The number of halogens is 1. The van der Waals surface area contributed by atoms with Crippen LogP contribution in [0.3, 0.4) is 0 Å². The van der Waals surface area contributed by atoms with E-state index in [4.69, 9.17) is 14.2 Å². The first kappa shape index (κ1) is 21.3. The van der Waals surface area contributed by atoms with Crippen molar-refractivity contribution in [2.45, 2.75) is 27.7 Å². The summed E-state index contributed by atoms with van der Waals surface area (Å²) in [4.78, 5) is 5.60. The third-order valence-corrected chi connectivity index (χ3v) is 3.64. The van der Waals surface area contributed by atoms with Gasteiger partial charge in [-0.3, -0.25) is 0 Å². The number of morpholine rings is 1. The van der Waals surface area contributed by atoms with E-state index in [0.29, 0.717) is 49.7 Å². The molecule has 0 aromatic heterocycles. The summed E-state index contributed by atoms with van der Waals surface area (Å²) in [6, 6.07) is 3.67. The quantitative estimate of drug-likeness (QED) is 0.673. The van der Waals surface area contributed by atoms with Crippen LogP contribution in [-0.2, 0) is 4.74 Å². The Morgan fingerprint density at radius 3 is 2.12 bits per heavy atom. The van der Waals surface area contributed by atoms with E-state index >= 15 is 0 Å². The van der Waals surface area contributed by atoms with Gasteiger partial charge in [-0.05, 0) is 11.8 Å². The largest absolute Gasteiger partial charge is 1.00 e. The fourth-order valence-electron chi connectivity index (χ4n) is 2.41. The molecule has 2 rings (SSSR count). The Morgan fingerprint density at radius 1 is 1.04 bits per heavy atom. The van der Waals surface area contributed by atoms with Crippen LogP contribution in [0.4, 0.5) is 11.4 Å². The highest BCUT2D eigenvalue weighted by Crippen LogP contribution is 2.41. The molecule has 0 aliphatic carbocycles. The van der Waals surface area contributed by atoms with E-state index in [2.05, 4.69) is 37.6 Å². The van der Waals surface area contributed by atoms with Crippen molar-refractivity contribution in [3.05, 3.63) is 17.1 Å². The fraction of sp³-hybridized carbons (Fsp3) is 0.667. The van der Waals surface area contributed by atoms with Crippen molar-refractivity contribution >= 4 is 11.4 Å². The highest BCUT2D eigenvalue weighted by molar-refractivity contribution is 5.72. The minimum atomic E-state index is 0. The maximum atomic E-state index is 9.34. The summed E-state index contributed by atoms with van der Waals surface area (Å²) in [6.45, 7) is 12.5. The van der Waals surface area contributed by atoms with E-state index in [9.17, 15) is 5.39 Å². The van der Waals surface area contributed by atoms with Gasteiger partial charge < -0.3 is 31.5 Å². The molecule has 0 radical (unpaired) electrons. The number of nitrogens with zero attached hydrogens (tertiary/aromatic N) is 3. The second kappa shape index (κ2) is 10.3. The van der Waals surface area contributed by atoms with Crippen molar-refractivity contribution in [1.29, 1.82) is 5.39 Å². The van der Waals surface area contributed by atoms with Gasteiger partial charge in [0, 0.05) is 19.2 Å². The van der Waals surface area contributed by atoms with Gasteiger partial charge in [0.25, 0.3) is 0 Å². The lowest BCUT2D eigenvalue weighted by Gasteiger charge is -2.30. The van der Waals surface area contributed by atoms with Crippen molar-refractivity contribution in [2.75, 3.05) is 44.4 Å². The summed E-state index contributed by atoms with van der Waals surface area (Å²) in [5.41, 5.74) is 1.36. The van der Waals surface area contributed by atoms with Crippen LogP contribution in [0.25, 0.3) is 4.98 Å². The Kier molecular flexibility index (Phi) is 8.81. The van der Waals surface area contributed by atoms with E-state index in [1.165, 1.54) is 0 Å². The Morgan fingerprint density at radius 2 is 1.60 bits per heavy atom. The number of rotatable bonds is 7. The van der Waals surface area contributed by atoms with Gasteiger partial charge in [0.1, 0.15) is 0 Å². The highest BCUT2D eigenvalue weighted by Gasteiger charge is 2.25. The summed E-state index contributed by atoms with van der Waals surface area (Å²) >= 11 is 0. The van der Waals surface area contributed by atoms with Gasteiger partial charge >= 0.3 is 5.69 Å². The summed E-state index contributed by atoms with van der Waals surface area (Å²) in [6.07, 6.45) is 0. The van der Waals surface area contributed by atoms with Crippen molar-refractivity contribution in [3.63, 3.8) is 0 Å². The maximum absolute atomic E-state index is 9.34. The molecule has 1 aliphatic heterocycles. The standard InChI is InChI=1S/C18H28N3O3.ClH/c1-13(2)11-23-17-10-16(21-5-7-22-8-6-21)18(9-15(17)20-19)24-12-14(3)4;/h9-10,13-14H,5-8,11-12H2,1-4H3;1H/q+1;/p-1. The monoisotopic (exact) mass is 369 g/mol. The van der Waals surface area contributed by atoms with Gasteiger partial charge in [0.2, 0.25) is 11.1 Å². The molecule has 6 nitrogen and oxygen atoms in total. The molecule has 0 saturated carbocycles. The predicted octanol–water partition coefficient (Wildman–Crippen LogP) is 1.08. The van der Waals surface area contributed by atoms with Gasteiger partial charge in [-0.1, -0.05) is 27.7 Å². The molecule has 7 heteroatoms. The minimum absolute atomic E-state index is 0. The van der Waals surface area contributed by atoms with Gasteiger partial charge in [-0.15, -0.1) is 0 Å². The molecule has 1 heterocycles. The van der Waals surface area contributed by atoms with Crippen molar-refractivity contribution < 1.29 is 26.6 Å². The summed E-state index contributed by atoms with van der Waals surface area (Å²) < 4.78 is 17.2. The number of hydrogen-bond acceptors (Lipinski definition) is 5. The van der Waals surface area contributed by atoms with E-state index in [-0.39, 0.29) is 12.4 Å². The Balaban J connectivity index is 0.00000312. The first-order valence-corrected chi connectivity index (χ1v) is 8.62.